The quantitative estimate of drug-likeness (QED) is 0.258. The van der Waals surface area contributed by atoms with E-state index in [1.165, 1.54) is 28.8 Å². The van der Waals surface area contributed by atoms with Crippen molar-refractivity contribution in [1.82, 2.24) is 19.9 Å². The second-order valence-corrected chi connectivity index (χ2v) is 9.03. The number of alkyl halides is 3. The molecule has 2 heterocycles. The fraction of sp³-hybridized carbons (Fsp3) is 0.269. The molecule has 37 heavy (non-hydrogen) atoms. The molecule has 0 saturated heterocycles. The summed E-state index contributed by atoms with van der Waals surface area (Å²) in [6.45, 7) is 1.48. The Hall–Kier alpha value is -4.15. The molecule has 7 nitrogen and oxygen atoms in total. The Kier molecular flexibility index (Phi) is 6.45. The average molecular weight is 513 g/mol. The largest absolute Gasteiger partial charge is 0.390 e. The van der Waals surface area contributed by atoms with E-state index in [4.69, 9.17) is 0 Å². The summed E-state index contributed by atoms with van der Waals surface area (Å²) >= 11 is 0. The van der Waals surface area contributed by atoms with E-state index in [2.05, 4.69) is 26.0 Å². The summed E-state index contributed by atoms with van der Waals surface area (Å²) < 4.78 is 53.5. The molecular formula is C26H24F4N6O. The molecule has 5 rings (SSSR count). The van der Waals surface area contributed by atoms with Crippen molar-refractivity contribution in [2.75, 3.05) is 17.2 Å². The lowest BCUT2D eigenvalue weighted by molar-refractivity contribution is -0.131. The molecule has 0 unspecified atom stereocenters. The number of hydrogen-bond donors (Lipinski definition) is 3. The van der Waals surface area contributed by atoms with Gasteiger partial charge in [0.1, 0.15) is 5.82 Å². The van der Waals surface area contributed by atoms with Crippen LogP contribution in [0.3, 0.4) is 0 Å². The van der Waals surface area contributed by atoms with Gasteiger partial charge in [-0.15, -0.1) is 5.10 Å². The van der Waals surface area contributed by atoms with Gasteiger partial charge in [-0.25, -0.2) is 13.9 Å². The van der Waals surface area contributed by atoms with Crippen molar-refractivity contribution in [2.24, 2.45) is 0 Å². The van der Waals surface area contributed by atoms with Gasteiger partial charge in [-0.1, -0.05) is 12.1 Å². The van der Waals surface area contributed by atoms with Crippen molar-refractivity contribution in [1.29, 1.82) is 0 Å². The first-order valence-corrected chi connectivity index (χ1v) is 11.8. The minimum absolute atomic E-state index is 0.124. The number of carbonyl (C=O) groups excluding carboxylic acids is 1. The molecule has 1 aliphatic carbocycles. The normalized spacial score (nSPS) is 13.5. The predicted molar refractivity (Wildman–Crippen MR) is 132 cm³/mol. The first-order valence-electron chi connectivity index (χ1n) is 11.8. The van der Waals surface area contributed by atoms with Gasteiger partial charge in [0.2, 0.25) is 0 Å². The zero-order chi connectivity index (χ0) is 26.2. The highest BCUT2D eigenvalue weighted by atomic mass is 19.4. The molecular weight excluding hydrogens is 488 g/mol. The van der Waals surface area contributed by atoms with E-state index in [1.807, 2.05) is 13.0 Å². The van der Waals surface area contributed by atoms with Crippen LogP contribution < -0.4 is 16.0 Å². The Morgan fingerprint density at radius 2 is 1.95 bits per heavy atom. The Balaban J connectivity index is 1.51. The number of carbonyl (C=O) groups is 1. The molecule has 2 aromatic heterocycles. The van der Waals surface area contributed by atoms with Crippen LogP contribution in [0.4, 0.5) is 34.8 Å². The van der Waals surface area contributed by atoms with Gasteiger partial charge in [0, 0.05) is 35.5 Å². The molecule has 3 N–H and O–H groups in total. The van der Waals surface area contributed by atoms with E-state index < -0.39 is 18.4 Å². The third-order valence-electron chi connectivity index (χ3n) is 5.97. The Morgan fingerprint density at radius 1 is 1.14 bits per heavy atom. The molecule has 1 saturated carbocycles. The molecule has 0 spiro atoms. The van der Waals surface area contributed by atoms with E-state index >= 15 is 0 Å². The number of aryl methyl sites for hydroxylation is 1. The number of anilines is 3. The summed E-state index contributed by atoms with van der Waals surface area (Å²) in [4.78, 5) is 16.9. The molecule has 1 aliphatic rings. The summed E-state index contributed by atoms with van der Waals surface area (Å²) in [5.41, 5.74) is 3.73. The van der Waals surface area contributed by atoms with Crippen LogP contribution in [-0.2, 0) is 0 Å². The van der Waals surface area contributed by atoms with Crippen molar-refractivity contribution in [3.63, 3.8) is 0 Å². The van der Waals surface area contributed by atoms with Crippen molar-refractivity contribution in [3.8, 4) is 11.3 Å². The maximum Gasteiger partial charge on any atom is 0.390 e. The smallest absolute Gasteiger partial charge is 0.382 e. The van der Waals surface area contributed by atoms with Gasteiger partial charge in [0.05, 0.1) is 24.0 Å². The van der Waals surface area contributed by atoms with Gasteiger partial charge < -0.3 is 16.0 Å². The summed E-state index contributed by atoms with van der Waals surface area (Å²) in [5.74, 6) is -0.288. The monoisotopic (exact) mass is 512 g/mol. The second-order valence-electron chi connectivity index (χ2n) is 9.03. The fourth-order valence-electron chi connectivity index (χ4n) is 3.98. The van der Waals surface area contributed by atoms with E-state index in [1.54, 1.807) is 24.4 Å². The Bertz CT molecular complexity index is 1460. The molecule has 0 aliphatic heterocycles. The highest BCUT2D eigenvalue weighted by Crippen LogP contribution is 2.29. The van der Waals surface area contributed by atoms with Crippen molar-refractivity contribution < 1.29 is 22.4 Å². The summed E-state index contributed by atoms with van der Waals surface area (Å²) in [6, 6.07) is 12.9. The molecule has 1 fully saturated rings. The summed E-state index contributed by atoms with van der Waals surface area (Å²) in [7, 11) is 0. The molecule has 11 heteroatoms. The maximum atomic E-state index is 13.7. The van der Waals surface area contributed by atoms with Gasteiger partial charge in [-0.3, -0.25) is 4.79 Å². The molecule has 0 bridgehead atoms. The topological polar surface area (TPSA) is 83.3 Å². The number of fused-ring (bicyclic) bond motifs is 1. The van der Waals surface area contributed by atoms with Crippen LogP contribution in [0, 0.1) is 12.7 Å². The maximum absolute atomic E-state index is 13.7. The number of nitrogens with one attached hydrogen (secondary N) is 3. The number of hydrogen-bond acceptors (Lipinski definition) is 5. The molecule has 1 amide bonds. The molecule has 192 valence electrons. The van der Waals surface area contributed by atoms with Crippen LogP contribution in [0.1, 0.15) is 35.2 Å². The van der Waals surface area contributed by atoms with Gasteiger partial charge in [0.25, 0.3) is 5.91 Å². The minimum Gasteiger partial charge on any atom is -0.382 e. The molecule has 0 atom stereocenters. The zero-order valence-electron chi connectivity index (χ0n) is 19.9. The van der Waals surface area contributed by atoms with Crippen molar-refractivity contribution in [2.45, 2.75) is 38.4 Å². The van der Waals surface area contributed by atoms with Crippen molar-refractivity contribution >= 4 is 28.7 Å². The van der Waals surface area contributed by atoms with Crippen LogP contribution in [0.5, 0.6) is 0 Å². The standard InChI is InChI=1S/C26H24F4N6O/c1-15-11-16(5-8-20(15)25(37)34-18-6-7-18)22-14-32-24-21(31-10-9-26(28,29)30)13-23(35-36(22)24)33-19-4-2-3-17(27)12-19/h2-5,8,11-14,18,31H,6-7,9-10H2,1H3,(H,33,35)(H,34,37). The SMILES string of the molecule is Cc1cc(-c2cnc3c(NCCC(F)(F)F)cc(Nc4cccc(F)c4)nn23)ccc1C(=O)NC1CC1. The zero-order valence-corrected chi connectivity index (χ0v) is 19.9. The highest BCUT2D eigenvalue weighted by Gasteiger charge is 2.27. The average Bonchev–Trinajstić information content (AvgIpc) is 3.53. The van der Waals surface area contributed by atoms with Gasteiger partial charge in [-0.05, 0) is 55.7 Å². The number of rotatable bonds is 8. The summed E-state index contributed by atoms with van der Waals surface area (Å²) in [6.07, 6.45) is -1.79. The third kappa shape index (κ3) is 5.82. The third-order valence-corrected chi connectivity index (χ3v) is 5.97. The number of aromatic nitrogens is 3. The number of imidazole rings is 1. The first kappa shape index (κ1) is 24.5. The van der Waals surface area contributed by atoms with Crippen molar-refractivity contribution in [3.05, 3.63) is 71.7 Å². The molecule has 2 aromatic carbocycles. The van der Waals surface area contributed by atoms with Gasteiger partial charge in [-0.2, -0.15) is 13.2 Å². The van der Waals surface area contributed by atoms with Crippen LogP contribution in [0.25, 0.3) is 16.9 Å². The lowest BCUT2D eigenvalue weighted by atomic mass is 10.0. The van der Waals surface area contributed by atoms with Gasteiger partial charge in [0.15, 0.2) is 11.5 Å². The molecule has 4 aromatic rings. The van der Waals surface area contributed by atoms with Crippen LogP contribution in [0.2, 0.25) is 0 Å². The van der Waals surface area contributed by atoms with E-state index in [0.717, 1.165) is 24.0 Å². The minimum atomic E-state index is -4.31. The van der Waals surface area contributed by atoms with E-state index in [9.17, 15) is 22.4 Å². The molecule has 0 radical (unpaired) electrons. The lowest BCUT2D eigenvalue weighted by Gasteiger charge is -2.13. The summed E-state index contributed by atoms with van der Waals surface area (Å²) in [5, 5.41) is 13.3. The Labute approximate surface area is 209 Å². The first-order chi connectivity index (χ1) is 17.7. The number of amides is 1. The predicted octanol–water partition coefficient (Wildman–Crippen LogP) is 5.84. The van der Waals surface area contributed by atoms with Crippen LogP contribution in [0.15, 0.2) is 54.7 Å². The lowest BCUT2D eigenvalue weighted by Crippen LogP contribution is -2.26. The number of halogens is 4. The van der Waals surface area contributed by atoms with Crippen LogP contribution in [-0.4, -0.2) is 39.3 Å². The Morgan fingerprint density at radius 3 is 2.65 bits per heavy atom. The second kappa shape index (κ2) is 9.72. The highest BCUT2D eigenvalue weighted by molar-refractivity contribution is 5.96. The number of nitrogens with zero attached hydrogens (tertiary/aromatic N) is 3. The van der Waals surface area contributed by atoms with Crippen LogP contribution >= 0.6 is 0 Å². The fourth-order valence-corrected chi connectivity index (χ4v) is 3.98. The van der Waals surface area contributed by atoms with E-state index in [-0.39, 0.29) is 24.3 Å². The number of benzene rings is 2. The van der Waals surface area contributed by atoms with Gasteiger partial charge >= 0.3 is 6.18 Å². The van der Waals surface area contributed by atoms with E-state index in [0.29, 0.717) is 28.3 Å².